The molecule has 0 spiro atoms. The highest BCUT2D eigenvalue weighted by atomic mass is 16.2. The van der Waals surface area contributed by atoms with Crippen LogP contribution in [0.1, 0.15) is 25.7 Å². The van der Waals surface area contributed by atoms with Crippen LogP contribution in [0.5, 0.6) is 0 Å². The number of aromatic nitrogens is 2. The molecule has 0 bridgehead atoms. The van der Waals surface area contributed by atoms with E-state index >= 15 is 0 Å². The molecule has 1 aromatic rings. The first-order valence-electron chi connectivity index (χ1n) is 6.97. The van der Waals surface area contributed by atoms with Crippen LogP contribution in [0.25, 0.3) is 0 Å². The number of carbonyl (C=O) groups is 2. The summed E-state index contributed by atoms with van der Waals surface area (Å²) in [5, 5.41) is 6.65. The number of nitrogens with zero attached hydrogens (tertiary/aromatic N) is 3. The summed E-state index contributed by atoms with van der Waals surface area (Å²) in [5.74, 6) is -0.0483. The molecule has 0 saturated carbocycles. The number of anilines is 1. The first-order valence-corrected chi connectivity index (χ1v) is 6.97. The van der Waals surface area contributed by atoms with Gasteiger partial charge in [0.05, 0.1) is 11.9 Å². The summed E-state index contributed by atoms with van der Waals surface area (Å²) in [5.41, 5.74) is 6.04. The molecule has 1 fully saturated rings. The van der Waals surface area contributed by atoms with Crippen molar-refractivity contribution in [3.8, 4) is 0 Å². The Morgan fingerprint density at radius 2 is 2.05 bits per heavy atom. The van der Waals surface area contributed by atoms with Crippen molar-refractivity contribution in [2.45, 2.75) is 32.2 Å². The second-order valence-corrected chi connectivity index (χ2v) is 5.01. The topological polar surface area (TPSA) is 93.2 Å². The SMILES string of the molecule is Nc1cnn(CC(=O)NCCC(=O)N2CCCCC2)c1. The van der Waals surface area contributed by atoms with Gasteiger partial charge in [0.1, 0.15) is 6.54 Å². The number of hydrogen-bond donors (Lipinski definition) is 2. The van der Waals surface area contributed by atoms with Crippen LogP contribution in [0.3, 0.4) is 0 Å². The molecule has 7 nitrogen and oxygen atoms in total. The van der Waals surface area contributed by atoms with E-state index in [0.717, 1.165) is 25.9 Å². The van der Waals surface area contributed by atoms with Gasteiger partial charge in [-0.1, -0.05) is 0 Å². The van der Waals surface area contributed by atoms with Crippen LogP contribution in [-0.4, -0.2) is 46.1 Å². The number of carbonyl (C=O) groups excluding carboxylic acids is 2. The van der Waals surface area contributed by atoms with Gasteiger partial charge >= 0.3 is 0 Å². The molecular formula is C13H21N5O2. The van der Waals surface area contributed by atoms with Crippen LogP contribution in [0.15, 0.2) is 12.4 Å². The molecule has 110 valence electrons. The summed E-state index contributed by atoms with van der Waals surface area (Å²) in [6.45, 7) is 2.18. The van der Waals surface area contributed by atoms with Crippen LogP contribution in [0.2, 0.25) is 0 Å². The Morgan fingerprint density at radius 3 is 2.70 bits per heavy atom. The van der Waals surface area contributed by atoms with Gasteiger partial charge in [-0.25, -0.2) is 0 Å². The number of amides is 2. The van der Waals surface area contributed by atoms with Crippen molar-refractivity contribution in [1.82, 2.24) is 20.0 Å². The van der Waals surface area contributed by atoms with Crippen molar-refractivity contribution in [3.05, 3.63) is 12.4 Å². The quantitative estimate of drug-likeness (QED) is 0.792. The summed E-state index contributed by atoms with van der Waals surface area (Å²) in [7, 11) is 0. The normalized spacial score (nSPS) is 15.1. The number of rotatable bonds is 5. The third kappa shape index (κ3) is 4.25. The number of hydrogen-bond acceptors (Lipinski definition) is 4. The van der Waals surface area contributed by atoms with Crippen LogP contribution < -0.4 is 11.1 Å². The van der Waals surface area contributed by atoms with Crippen molar-refractivity contribution in [2.75, 3.05) is 25.4 Å². The predicted octanol–water partition coefficient (Wildman–Crippen LogP) is -0.0159. The summed E-state index contributed by atoms with van der Waals surface area (Å²) < 4.78 is 1.47. The number of nitrogen functional groups attached to an aromatic ring is 1. The number of nitrogens with one attached hydrogen (secondary N) is 1. The van der Waals surface area contributed by atoms with Gasteiger partial charge < -0.3 is 16.0 Å². The molecule has 2 rings (SSSR count). The molecule has 1 saturated heterocycles. The fourth-order valence-electron chi connectivity index (χ4n) is 2.28. The second kappa shape index (κ2) is 6.93. The lowest BCUT2D eigenvalue weighted by atomic mass is 10.1. The highest BCUT2D eigenvalue weighted by Crippen LogP contribution is 2.09. The van der Waals surface area contributed by atoms with Crippen molar-refractivity contribution in [1.29, 1.82) is 0 Å². The van der Waals surface area contributed by atoms with E-state index in [0.29, 0.717) is 18.7 Å². The highest BCUT2D eigenvalue weighted by Gasteiger charge is 2.16. The molecule has 0 unspecified atom stereocenters. The summed E-state index contributed by atoms with van der Waals surface area (Å²) in [4.78, 5) is 25.4. The van der Waals surface area contributed by atoms with Gasteiger partial charge in [0.15, 0.2) is 0 Å². The van der Waals surface area contributed by atoms with Gasteiger partial charge in [0.2, 0.25) is 11.8 Å². The van der Waals surface area contributed by atoms with Crippen molar-refractivity contribution in [3.63, 3.8) is 0 Å². The molecule has 1 aliphatic heterocycles. The van der Waals surface area contributed by atoms with Gasteiger partial charge in [0.25, 0.3) is 0 Å². The van der Waals surface area contributed by atoms with Crippen LogP contribution in [0.4, 0.5) is 5.69 Å². The molecule has 3 N–H and O–H groups in total. The molecule has 2 heterocycles. The Morgan fingerprint density at radius 1 is 1.30 bits per heavy atom. The van der Waals surface area contributed by atoms with E-state index in [1.54, 1.807) is 6.20 Å². The monoisotopic (exact) mass is 279 g/mol. The maximum Gasteiger partial charge on any atom is 0.241 e. The number of likely N-dealkylation sites (tertiary alicyclic amines) is 1. The molecule has 20 heavy (non-hydrogen) atoms. The zero-order valence-electron chi connectivity index (χ0n) is 11.5. The van der Waals surface area contributed by atoms with E-state index in [4.69, 9.17) is 5.73 Å². The molecule has 2 amide bonds. The van der Waals surface area contributed by atoms with Gasteiger partial charge in [-0.15, -0.1) is 0 Å². The lowest BCUT2D eigenvalue weighted by Gasteiger charge is -2.26. The van der Waals surface area contributed by atoms with Gasteiger partial charge in [-0.3, -0.25) is 14.3 Å². The second-order valence-electron chi connectivity index (χ2n) is 5.01. The Balaban J connectivity index is 1.64. The third-order valence-electron chi connectivity index (χ3n) is 3.33. The molecule has 7 heteroatoms. The van der Waals surface area contributed by atoms with Gasteiger partial charge in [0, 0.05) is 32.3 Å². The van der Waals surface area contributed by atoms with Crippen molar-refractivity contribution in [2.24, 2.45) is 0 Å². The average molecular weight is 279 g/mol. The zero-order chi connectivity index (χ0) is 14.4. The largest absolute Gasteiger partial charge is 0.396 e. The van der Waals surface area contributed by atoms with E-state index < -0.39 is 0 Å². The molecule has 1 aliphatic rings. The van der Waals surface area contributed by atoms with Crippen molar-refractivity contribution >= 4 is 17.5 Å². The minimum Gasteiger partial charge on any atom is -0.396 e. The van der Waals surface area contributed by atoms with E-state index in [2.05, 4.69) is 10.4 Å². The lowest BCUT2D eigenvalue weighted by molar-refractivity contribution is -0.132. The van der Waals surface area contributed by atoms with E-state index in [-0.39, 0.29) is 18.4 Å². The Hall–Kier alpha value is -2.05. The Kier molecular flexibility index (Phi) is 4.97. The molecule has 0 aromatic carbocycles. The average Bonchev–Trinajstić information content (AvgIpc) is 2.85. The fourth-order valence-corrected chi connectivity index (χ4v) is 2.28. The van der Waals surface area contributed by atoms with Crippen molar-refractivity contribution < 1.29 is 9.59 Å². The van der Waals surface area contributed by atoms with Crippen LogP contribution >= 0.6 is 0 Å². The first kappa shape index (κ1) is 14.4. The summed E-state index contributed by atoms with van der Waals surface area (Å²) in [6, 6.07) is 0. The summed E-state index contributed by atoms with van der Waals surface area (Å²) in [6.07, 6.45) is 6.81. The van der Waals surface area contributed by atoms with E-state index in [1.807, 2.05) is 4.90 Å². The number of piperidine rings is 1. The fraction of sp³-hybridized carbons (Fsp3) is 0.615. The Bertz CT molecular complexity index is 465. The van der Waals surface area contributed by atoms with Crippen LogP contribution in [0, 0.1) is 0 Å². The molecule has 0 radical (unpaired) electrons. The maximum absolute atomic E-state index is 11.9. The molecule has 1 aromatic heterocycles. The van der Waals surface area contributed by atoms with E-state index in [1.165, 1.54) is 17.3 Å². The standard InChI is InChI=1S/C13H21N5O2/c14-11-8-16-18(9-11)10-12(19)15-5-4-13(20)17-6-2-1-3-7-17/h8-9H,1-7,10,14H2,(H,15,19). The first-order chi connectivity index (χ1) is 9.65. The molecule has 0 atom stereocenters. The van der Waals surface area contributed by atoms with E-state index in [9.17, 15) is 9.59 Å². The summed E-state index contributed by atoms with van der Waals surface area (Å²) >= 11 is 0. The lowest BCUT2D eigenvalue weighted by Crippen LogP contribution is -2.38. The molecule has 0 aliphatic carbocycles. The minimum atomic E-state index is -0.167. The third-order valence-corrected chi connectivity index (χ3v) is 3.33. The predicted molar refractivity (Wildman–Crippen MR) is 74.7 cm³/mol. The smallest absolute Gasteiger partial charge is 0.241 e. The Labute approximate surface area is 118 Å². The van der Waals surface area contributed by atoms with Gasteiger partial charge in [-0.2, -0.15) is 5.10 Å². The maximum atomic E-state index is 11.9. The number of nitrogens with two attached hydrogens (primary N) is 1. The zero-order valence-corrected chi connectivity index (χ0v) is 11.5. The van der Waals surface area contributed by atoms with Crippen LogP contribution in [-0.2, 0) is 16.1 Å². The minimum absolute atomic E-state index is 0.119. The highest BCUT2D eigenvalue weighted by molar-refractivity contribution is 5.79. The van der Waals surface area contributed by atoms with Gasteiger partial charge in [-0.05, 0) is 19.3 Å². The molecular weight excluding hydrogens is 258 g/mol.